The number of fused-ring (bicyclic) bond motifs is 1. The van der Waals surface area contributed by atoms with Crippen molar-refractivity contribution in [2.24, 2.45) is 0 Å². The van der Waals surface area contributed by atoms with Gasteiger partial charge < -0.3 is 87.0 Å². The summed E-state index contributed by atoms with van der Waals surface area (Å²) >= 11 is 1.87. The first kappa shape index (κ1) is 70.0. The number of rotatable bonds is 48. The van der Waals surface area contributed by atoms with Crippen LogP contribution in [0.5, 0.6) is 0 Å². The van der Waals surface area contributed by atoms with Crippen molar-refractivity contribution >= 4 is 53.5 Å². The maximum Gasteiger partial charge on any atom is 0.338 e. The Morgan fingerprint density at radius 3 is 1.17 bits per heavy atom. The van der Waals surface area contributed by atoms with Gasteiger partial charge in [0.1, 0.15) is 32.0 Å². The third kappa shape index (κ3) is 32.9. The third-order valence-electron chi connectivity index (χ3n) is 11.7. The Morgan fingerprint density at radius 2 is 0.795 bits per heavy atom. The van der Waals surface area contributed by atoms with Crippen molar-refractivity contribution in [3.63, 3.8) is 0 Å². The minimum atomic E-state index is -0.683. The van der Waals surface area contributed by atoms with Gasteiger partial charge in [-0.15, -0.1) is 0 Å². The summed E-state index contributed by atoms with van der Waals surface area (Å²) in [5.41, 5.74) is 0.308. The number of urea groups is 1. The molecule has 2 aromatic carbocycles. The molecule has 0 bridgehead atoms. The van der Waals surface area contributed by atoms with E-state index in [1.54, 1.807) is 0 Å². The van der Waals surface area contributed by atoms with Crippen LogP contribution < -0.4 is 16.0 Å². The molecular weight excluding hydrogens is 1110 g/mol. The predicted octanol–water partition coefficient (Wildman–Crippen LogP) is 3.75. The molecule has 466 valence electrons. The summed E-state index contributed by atoms with van der Waals surface area (Å²) in [6.07, 6.45) is 3.31. The van der Waals surface area contributed by atoms with Crippen LogP contribution in [0.15, 0.2) is 48.5 Å². The topological polar surface area (TPSA) is 294 Å². The minimum absolute atomic E-state index is 0.00658. The van der Waals surface area contributed by atoms with Gasteiger partial charge in [-0.25, -0.2) is 24.0 Å². The minimum Gasteiger partial charge on any atom is -0.460 e. The molecule has 2 fully saturated rings. The number of hydrogen-bond donors (Lipinski definition) is 3. The maximum absolute atomic E-state index is 12.5. The molecule has 4 rings (SSSR count). The van der Waals surface area contributed by atoms with Crippen LogP contribution >= 0.6 is 11.8 Å². The number of amides is 3. The van der Waals surface area contributed by atoms with Crippen molar-refractivity contribution in [3.05, 3.63) is 70.8 Å². The second-order valence-electron chi connectivity index (χ2n) is 19.4. The fraction of sp³-hybridized carbons (Fsp3) is 0.667. The van der Waals surface area contributed by atoms with Gasteiger partial charge in [0.25, 0.3) is 0 Å². The van der Waals surface area contributed by atoms with Crippen LogP contribution in [0.4, 0.5) is 4.79 Å². The second kappa shape index (κ2) is 43.2. The van der Waals surface area contributed by atoms with Crippen molar-refractivity contribution < 1.29 is 105 Å². The molecule has 2 aromatic rings. The van der Waals surface area contributed by atoms with Crippen LogP contribution in [0.3, 0.4) is 0 Å². The first-order valence-electron chi connectivity index (χ1n) is 28.1. The lowest BCUT2D eigenvalue weighted by Crippen LogP contribution is -2.36. The van der Waals surface area contributed by atoms with Crippen LogP contribution in [-0.4, -0.2) is 236 Å². The number of carbonyl (C=O) groups excluding carboxylic acids is 7. The lowest BCUT2D eigenvalue weighted by atomic mass is 10.0. The van der Waals surface area contributed by atoms with Crippen LogP contribution in [0, 0.1) is 0 Å². The van der Waals surface area contributed by atoms with Gasteiger partial charge >= 0.3 is 35.9 Å². The predicted molar refractivity (Wildman–Crippen MR) is 300 cm³/mol. The van der Waals surface area contributed by atoms with E-state index in [1.807, 2.05) is 32.5 Å². The Balaban J connectivity index is 0.857. The Kier molecular flexibility index (Phi) is 36.4. The maximum atomic E-state index is 12.5. The molecule has 3 N–H and O–H groups in total. The highest BCUT2D eigenvalue weighted by Gasteiger charge is 2.42. The number of carbonyl (C=O) groups is 7. The average molecular weight is 1200 g/mol. The van der Waals surface area contributed by atoms with Gasteiger partial charge in [0, 0.05) is 24.0 Å². The average Bonchev–Trinajstić information content (AvgIpc) is 4.26. The highest BCUT2D eigenvalue weighted by atomic mass is 32.2. The molecule has 83 heavy (non-hydrogen) atoms. The van der Waals surface area contributed by atoms with E-state index in [0.29, 0.717) is 131 Å². The Labute approximate surface area is 490 Å². The van der Waals surface area contributed by atoms with E-state index >= 15 is 0 Å². The highest BCUT2D eigenvalue weighted by molar-refractivity contribution is 8.00. The summed E-state index contributed by atoms with van der Waals surface area (Å²) in [6, 6.07) is 11.7. The summed E-state index contributed by atoms with van der Waals surface area (Å²) in [6.45, 7) is 12.6. The van der Waals surface area contributed by atoms with Gasteiger partial charge in [0.15, 0.2) is 0 Å². The highest BCUT2D eigenvalue weighted by Crippen LogP contribution is 2.33. The van der Waals surface area contributed by atoms with Gasteiger partial charge in [0.2, 0.25) is 5.91 Å². The van der Waals surface area contributed by atoms with Gasteiger partial charge in [-0.2, -0.15) is 11.8 Å². The van der Waals surface area contributed by atoms with E-state index in [-0.39, 0.29) is 105 Å². The van der Waals surface area contributed by atoms with Crippen LogP contribution in [0.2, 0.25) is 0 Å². The molecule has 0 aliphatic carbocycles. The first-order valence-corrected chi connectivity index (χ1v) is 29.2. The summed E-state index contributed by atoms with van der Waals surface area (Å²) in [5.74, 6) is -1.95. The van der Waals surface area contributed by atoms with Crippen LogP contribution in [0.25, 0.3) is 0 Å². The molecular formula is C57H85N3O22S. The molecule has 3 amide bonds. The van der Waals surface area contributed by atoms with E-state index in [1.165, 1.54) is 48.5 Å². The van der Waals surface area contributed by atoms with Crippen molar-refractivity contribution in [2.45, 2.75) is 75.8 Å². The zero-order chi connectivity index (χ0) is 59.6. The zero-order valence-corrected chi connectivity index (χ0v) is 49.0. The summed E-state index contributed by atoms with van der Waals surface area (Å²) in [5, 5.41) is 9.15. The molecule has 0 spiro atoms. The Hall–Kier alpha value is -5.52. The van der Waals surface area contributed by atoms with Crippen molar-refractivity contribution in [1.29, 1.82) is 0 Å². The Morgan fingerprint density at radius 1 is 0.458 bits per heavy atom. The van der Waals surface area contributed by atoms with E-state index in [9.17, 15) is 33.6 Å². The lowest BCUT2D eigenvalue weighted by Gasteiger charge is -2.19. The third-order valence-corrected chi connectivity index (χ3v) is 13.2. The molecule has 25 nitrogen and oxygen atoms in total. The van der Waals surface area contributed by atoms with Crippen molar-refractivity contribution in [2.75, 3.05) is 171 Å². The molecule has 2 saturated heterocycles. The molecule has 3 atom stereocenters. The van der Waals surface area contributed by atoms with E-state index < -0.39 is 29.5 Å². The van der Waals surface area contributed by atoms with Crippen LogP contribution in [0.1, 0.15) is 94.3 Å². The number of esters is 5. The van der Waals surface area contributed by atoms with Crippen LogP contribution in [-0.2, 0) is 80.6 Å². The fourth-order valence-corrected chi connectivity index (χ4v) is 9.15. The number of ether oxygens (including phenoxy) is 15. The fourth-order valence-electron chi connectivity index (χ4n) is 7.61. The monoisotopic (exact) mass is 1200 g/mol. The Bertz CT molecular complexity index is 2170. The zero-order valence-electron chi connectivity index (χ0n) is 48.2. The second-order valence-corrected chi connectivity index (χ2v) is 20.6. The van der Waals surface area contributed by atoms with E-state index in [4.69, 9.17) is 71.1 Å². The lowest BCUT2D eigenvalue weighted by molar-refractivity contribution is -0.156. The van der Waals surface area contributed by atoms with Gasteiger partial charge in [-0.05, 0) is 82.1 Å². The molecule has 2 aliphatic rings. The van der Waals surface area contributed by atoms with E-state index in [2.05, 4.69) is 16.0 Å². The SMILES string of the molecule is CC(C)(C)OC(=O)CCOCCOCCOCCOCCOCCOCCOCCOCCOC(=O)c1ccc(C(=O)OCCOC(=O)c2ccc(C(=O)OCCOCCOCCNC(=O)CCCCC3SC[C@H]4NC(=O)N[C@@H]34)cc2)cc1. The number of unbranched alkanes of at least 4 members (excludes halogenated alkanes) is 1. The van der Waals surface area contributed by atoms with Crippen molar-refractivity contribution in [1.82, 2.24) is 16.0 Å². The standard InChI is InChI=1S/C57H85N3O22S/c1-57(2,3)82-50(62)16-18-68-20-22-70-24-25-71-26-27-72-28-29-73-30-31-74-32-33-75-34-35-77-37-39-79-53(64)44-10-14-46(15-11-44)55(66)81-41-40-80-54(65)45-12-8-43(9-13-45)52(63)78-38-36-76-23-21-69-19-17-58-49(61)7-5-4-6-48-51-47(42-83-48)59-56(67)60-51/h8-15,47-48,51H,4-7,16-42H2,1-3H3,(H,58,61)(H2,59,60,67)/t47-,48?,51-/m1/s1. The van der Waals surface area contributed by atoms with Gasteiger partial charge in [-0.1, -0.05) is 6.42 Å². The summed E-state index contributed by atoms with van der Waals surface area (Å²) in [7, 11) is 0. The number of hydrogen-bond acceptors (Lipinski definition) is 23. The molecule has 0 radical (unpaired) electrons. The molecule has 0 aromatic heterocycles. The molecule has 2 aliphatic heterocycles. The number of benzene rings is 2. The molecule has 2 heterocycles. The van der Waals surface area contributed by atoms with Crippen molar-refractivity contribution in [3.8, 4) is 0 Å². The first-order chi connectivity index (χ1) is 40.3. The number of thioether (sulfide) groups is 1. The normalized spacial score (nSPS) is 15.5. The summed E-state index contributed by atoms with van der Waals surface area (Å²) in [4.78, 5) is 85.3. The van der Waals surface area contributed by atoms with E-state index in [0.717, 1.165) is 25.0 Å². The largest absolute Gasteiger partial charge is 0.460 e. The van der Waals surface area contributed by atoms with Gasteiger partial charge in [-0.3, -0.25) is 9.59 Å². The molecule has 1 unspecified atom stereocenters. The smallest absolute Gasteiger partial charge is 0.338 e. The summed E-state index contributed by atoms with van der Waals surface area (Å²) < 4.78 is 80.7. The molecule has 0 saturated carbocycles. The number of nitrogens with one attached hydrogen (secondary N) is 3. The van der Waals surface area contributed by atoms with Gasteiger partial charge in [0.05, 0.1) is 173 Å². The molecule has 26 heteroatoms. The quantitative estimate of drug-likeness (QED) is 0.0368.